The number of benzene rings is 2. The van der Waals surface area contributed by atoms with Gasteiger partial charge in [0.25, 0.3) is 5.60 Å². The van der Waals surface area contributed by atoms with Crippen molar-refractivity contribution in [3.63, 3.8) is 0 Å². The van der Waals surface area contributed by atoms with Crippen LogP contribution < -0.4 is 0 Å². The summed E-state index contributed by atoms with van der Waals surface area (Å²) in [5, 5.41) is 9.71. The predicted molar refractivity (Wildman–Crippen MR) is 78.0 cm³/mol. The number of rotatable bonds is 3. The first kappa shape index (κ1) is 19.0. The van der Waals surface area contributed by atoms with Gasteiger partial charge in [0.15, 0.2) is 0 Å². The van der Waals surface area contributed by atoms with Crippen molar-refractivity contribution in [2.75, 3.05) is 0 Å². The molecule has 0 unspecified atom stereocenters. The highest BCUT2D eigenvalue weighted by Crippen LogP contribution is 2.52. The van der Waals surface area contributed by atoms with Gasteiger partial charge in [-0.15, -0.1) is 0 Å². The Morgan fingerprint density at radius 1 is 0.880 bits per heavy atom. The lowest BCUT2D eigenvalue weighted by molar-refractivity contribution is -0.376. The van der Waals surface area contributed by atoms with E-state index in [9.17, 15) is 36.2 Å². The summed E-state index contributed by atoms with van der Waals surface area (Å²) in [4.78, 5) is 11.1. The number of carbonyl (C=O) groups excluding carboxylic acids is 1. The van der Waals surface area contributed by atoms with Crippen LogP contribution in [0.25, 0.3) is 11.1 Å². The van der Waals surface area contributed by atoms with Gasteiger partial charge in [0.2, 0.25) is 0 Å². The molecule has 25 heavy (non-hydrogen) atoms. The second-order valence-electron chi connectivity index (χ2n) is 5.39. The zero-order chi connectivity index (χ0) is 19.0. The zero-order valence-electron chi connectivity index (χ0n) is 12.7. The SMILES string of the molecule is Cc1c(-c2ccccc2)ccc(C=O)c1C(O)(C(F)(F)F)C(F)(F)F. The van der Waals surface area contributed by atoms with Gasteiger partial charge in [0.1, 0.15) is 6.29 Å². The number of carbonyl (C=O) groups is 1. The molecule has 2 aromatic rings. The molecule has 1 N–H and O–H groups in total. The number of aldehydes is 1. The number of alkyl halides is 6. The van der Waals surface area contributed by atoms with Crippen LogP contribution in [0.3, 0.4) is 0 Å². The normalized spacial score (nSPS) is 13.0. The number of halogens is 6. The summed E-state index contributed by atoms with van der Waals surface area (Å²) < 4.78 is 79.4. The van der Waals surface area contributed by atoms with E-state index < -0.39 is 34.6 Å². The van der Waals surface area contributed by atoms with Crippen LogP contribution in [0.1, 0.15) is 21.5 Å². The molecule has 0 bridgehead atoms. The van der Waals surface area contributed by atoms with E-state index in [1.165, 1.54) is 18.2 Å². The second kappa shape index (κ2) is 6.18. The summed E-state index contributed by atoms with van der Waals surface area (Å²) in [6.07, 6.45) is -12.3. The van der Waals surface area contributed by atoms with Gasteiger partial charge in [0.05, 0.1) is 0 Å². The van der Waals surface area contributed by atoms with Gasteiger partial charge in [-0.2, -0.15) is 26.3 Å². The molecular weight excluding hydrogens is 350 g/mol. The highest BCUT2D eigenvalue weighted by Gasteiger charge is 2.72. The van der Waals surface area contributed by atoms with Gasteiger partial charge < -0.3 is 5.11 Å². The second-order valence-corrected chi connectivity index (χ2v) is 5.39. The van der Waals surface area contributed by atoms with E-state index in [0.717, 1.165) is 13.0 Å². The molecule has 8 heteroatoms. The molecule has 134 valence electrons. The summed E-state index contributed by atoms with van der Waals surface area (Å²) in [6, 6.07) is 9.80. The van der Waals surface area contributed by atoms with Crippen LogP contribution in [0.15, 0.2) is 42.5 Å². The van der Waals surface area contributed by atoms with Gasteiger partial charge in [0, 0.05) is 11.1 Å². The van der Waals surface area contributed by atoms with Gasteiger partial charge in [-0.1, -0.05) is 42.5 Å². The van der Waals surface area contributed by atoms with E-state index in [2.05, 4.69) is 0 Å². The van der Waals surface area contributed by atoms with E-state index in [1.54, 1.807) is 18.2 Å². The first-order valence-corrected chi connectivity index (χ1v) is 6.95. The lowest BCUT2D eigenvalue weighted by Crippen LogP contribution is -2.54. The molecule has 0 heterocycles. The van der Waals surface area contributed by atoms with Gasteiger partial charge in [-0.05, 0) is 23.6 Å². The van der Waals surface area contributed by atoms with Crippen molar-refractivity contribution in [3.8, 4) is 11.1 Å². The summed E-state index contributed by atoms with van der Waals surface area (Å²) in [7, 11) is 0. The maximum atomic E-state index is 13.2. The molecule has 2 nitrogen and oxygen atoms in total. The Labute approximate surface area is 138 Å². The molecule has 0 fully saturated rings. The van der Waals surface area contributed by atoms with Crippen LogP contribution in [0, 0.1) is 6.92 Å². The van der Waals surface area contributed by atoms with Crippen molar-refractivity contribution in [1.29, 1.82) is 0 Å². The maximum absolute atomic E-state index is 13.2. The minimum Gasteiger partial charge on any atom is -0.369 e. The molecule has 0 radical (unpaired) electrons. The van der Waals surface area contributed by atoms with Crippen LogP contribution in [0.2, 0.25) is 0 Å². The van der Waals surface area contributed by atoms with Crippen molar-refractivity contribution in [2.24, 2.45) is 0 Å². The van der Waals surface area contributed by atoms with Crippen molar-refractivity contribution in [2.45, 2.75) is 24.9 Å². The highest BCUT2D eigenvalue weighted by atomic mass is 19.4. The van der Waals surface area contributed by atoms with E-state index in [0.29, 0.717) is 5.56 Å². The summed E-state index contributed by atoms with van der Waals surface area (Å²) in [6.45, 7) is 1.01. The first-order valence-electron chi connectivity index (χ1n) is 6.95. The van der Waals surface area contributed by atoms with Crippen molar-refractivity contribution in [3.05, 3.63) is 59.2 Å². The Morgan fingerprint density at radius 3 is 1.84 bits per heavy atom. The number of aliphatic hydroxyl groups is 1. The summed E-state index contributed by atoms with van der Waals surface area (Å²) >= 11 is 0. The molecular formula is C17H12F6O2. The maximum Gasteiger partial charge on any atom is 0.430 e. The number of hydrogen-bond donors (Lipinski definition) is 1. The quantitative estimate of drug-likeness (QED) is 0.630. The van der Waals surface area contributed by atoms with E-state index in [-0.39, 0.29) is 11.8 Å². The Morgan fingerprint density at radius 2 is 1.40 bits per heavy atom. The lowest BCUT2D eigenvalue weighted by atomic mass is 9.82. The third kappa shape index (κ3) is 3.02. The molecule has 0 saturated heterocycles. The average molecular weight is 362 g/mol. The summed E-state index contributed by atoms with van der Waals surface area (Å²) in [5.41, 5.74) is -7.63. The van der Waals surface area contributed by atoms with Gasteiger partial charge >= 0.3 is 12.4 Å². The molecule has 0 aliphatic carbocycles. The Hall–Kier alpha value is -2.35. The fourth-order valence-electron chi connectivity index (χ4n) is 2.69. The fraction of sp³-hybridized carbons (Fsp3) is 0.235. The van der Waals surface area contributed by atoms with Crippen LogP contribution in [-0.2, 0) is 5.60 Å². The smallest absolute Gasteiger partial charge is 0.369 e. The van der Waals surface area contributed by atoms with Crippen LogP contribution in [0.4, 0.5) is 26.3 Å². The Bertz CT molecular complexity index is 764. The minimum atomic E-state index is -6.07. The van der Waals surface area contributed by atoms with Crippen LogP contribution in [-0.4, -0.2) is 23.7 Å². The van der Waals surface area contributed by atoms with Crippen molar-refractivity contribution < 1.29 is 36.2 Å². The molecule has 0 aromatic heterocycles. The molecule has 0 atom stereocenters. The lowest BCUT2D eigenvalue weighted by Gasteiger charge is -2.35. The average Bonchev–Trinajstić information content (AvgIpc) is 2.52. The van der Waals surface area contributed by atoms with Crippen LogP contribution >= 0.6 is 0 Å². The Kier molecular flexibility index (Phi) is 4.69. The fourth-order valence-corrected chi connectivity index (χ4v) is 2.69. The van der Waals surface area contributed by atoms with Crippen molar-refractivity contribution in [1.82, 2.24) is 0 Å². The molecule has 0 aliphatic heterocycles. The third-order valence-electron chi connectivity index (χ3n) is 3.89. The number of hydrogen-bond acceptors (Lipinski definition) is 2. The molecule has 0 aliphatic rings. The summed E-state index contributed by atoms with van der Waals surface area (Å²) in [5.74, 6) is 0. The molecule has 0 spiro atoms. The van der Waals surface area contributed by atoms with Gasteiger partial charge in [-0.25, -0.2) is 0 Å². The molecule has 0 amide bonds. The van der Waals surface area contributed by atoms with E-state index >= 15 is 0 Å². The monoisotopic (exact) mass is 362 g/mol. The molecule has 2 rings (SSSR count). The molecule has 0 saturated carbocycles. The zero-order valence-corrected chi connectivity index (χ0v) is 12.7. The minimum absolute atomic E-state index is 0.0492. The van der Waals surface area contributed by atoms with E-state index in [4.69, 9.17) is 0 Å². The first-order chi connectivity index (χ1) is 11.4. The topological polar surface area (TPSA) is 37.3 Å². The van der Waals surface area contributed by atoms with Crippen LogP contribution in [0.5, 0.6) is 0 Å². The predicted octanol–water partition coefficient (Wildman–Crippen LogP) is 4.79. The standard InChI is InChI=1S/C17H12F6O2/c1-10-13(11-5-3-2-4-6-11)8-7-12(9-24)14(10)15(25,16(18,19)20)17(21,22)23/h2-9,25H,1H3. The van der Waals surface area contributed by atoms with Crippen molar-refractivity contribution >= 4 is 6.29 Å². The molecule has 2 aromatic carbocycles. The van der Waals surface area contributed by atoms with Gasteiger partial charge in [-0.3, -0.25) is 4.79 Å². The van der Waals surface area contributed by atoms with E-state index in [1.807, 2.05) is 0 Å². The third-order valence-corrected chi connectivity index (χ3v) is 3.89. The largest absolute Gasteiger partial charge is 0.430 e. The highest BCUT2D eigenvalue weighted by molar-refractivity contribution is 5.83. The Balaban J connectivity index is 2.90.